The molecule has 0 radical (unpaired) electrons. The highest BCUT2D eigenvalue weighted by Gasteiger charge is 2.34. The van der Waals surface area contributed by atoms with Gasteiger partial charge in [-0.1, -0.05) is 42.8 Å². The fourth-order valence-corrected chi connectivity index (χ4v) is 5.20. The number of carbonyl (C=O) groups excluding carboxylic acids is 1. The molecule has 2 aromatic carbocycles. The third kappa shape index (κ3) is 4.88. The van der Waals surface area contributed by atoms with Gasteiger partial charge in [-0.15, -0.1) is 0 Å². The summed E-state index contributed by atoms with van der Waals surface area (Å²) in [5.41, 5.74) is 4.17. The number of carbonyl (C=O) groups is 1. The molecule has 7 heteroatoms. The highest BCUT2D eigenvalue weighted by atomic mass is 35.5. The number of pyridine rings is 1. The number of aryl methyl sites for hydroxylation is 2. The quantitative estimate of drug-likeness (QED) is 0.313. The van der Waals surface area contributed by atoms with Crippen LogP contribution in [0.5, 0.6) is 0 Å². The molecule has 1 aliphatic heterocycles. The van der Waals surface area contributed by atoms with E-state index in [1.807, 2.05) is 13.0 Å². The zero-order valence-electron chi connectivity index (χ0n) is 20.3. The van der Waals surface area contributed by atoms with Gasteiger partial charge in [0.25, 0.3) is 0 Å². The van der Waals surface area contributed by atoms with E-state index in [1.54, 1.807) is 28.8 Å². The van der Waals surface area contributed by atoms with E-state index in [0.29, 0.717) is 55.9 Å². The van der Waals surface area contributed by atoms with Gasteiger partial charge in [-0.3, -0.25) is 9.20 Å². The molecule has 0 saturated carbocycles. The molecular weight excluding hydrogens is 477 g/mol. The maximum Gasteiger partial charge on any atom is 0.181 e. The Morgan fingerprint density at radius 1 is 1.06 bits per heavy atom. The summed E-state index contributed by atoms with van der Waals surface area (Å²) in [6.45, 7) is 3.42. The monoisotopic (exact) mass is 505 g/mol. The first-order valence-corrected chi connectivity index (χ1v) is 12.8. The van der Waals surface area contributed by atoms with Crippen LogP contribution in [0.25, 0.3) is 5.65 Å². The van der Waals surface area contributed by atoms with E-state index in [0.717, 1.165) is 28.2 Å². The molecule has 0 unspecified atom stereocenters. The van der Waals surface area contributed by atoms with Crippen molar-refractivity contribution in [1.82, 2.24) is 9.38 Å². The van der Waals surface area contributed by atoms with Gasteiger partial charge in [-0.2, -0.15) is 0 Å². The van der Waals surface area contributed by atoms with Crippen LogP contribution in [0.3, 0.4) is 0 Å². The van der Waals surface area contributed by atoms with Gasteiger partial charge in [0.15, 0.2) is 5.78 Å². The van der Waals surface area contributed by atoms with Crippen LogP contribution < -0.4 is 4.90 Å². The number of fused-ring (bicyclic) bond motifs is 1. The SMILES string of the molecule is CCc1nc2ccc(Cl)cn2c1C(=O)CCc1ccc(N2CCC(O)(c3ccc(F)cc3)CC2)cc1. The number of nitrogens with zero attached hydrogens (tertiary/aromatic N) is 3. The fraction of sp³-hybridized carbons (Fsp3) is 0.310. The smallest absolute Gasteiger partial charge is 0.181 e. The molecule has 0 aliphatic carbocycles. The summed E-state index contributed by atoms with van der Waals surface area (Å²) < 4.78 is 15.1. The van der Waals surface area contributed by atoms with Crippen LogP contribution in [-0.2, 0) is 18.4 Å². The third-order valence-corrected chi connectivity index (χ3v) is 7.39. The molecule has 0 spiro atoms. The van der Waals surface area contributed by atoms with Crippen molar-refractivity contribution in [2.24, 2.45) is 0 Å². The third-order valence-electron chi connectivity index (χ3n) is 7.17. The van der Waals surface area contributed by atoms with E-state index in [4.69, 9.17) is 11.6 Å². The number of piperidine rings is 1. The molecule has 186 valence electrons. The number of aromatic nitrogens is 2. The number of Topliss-reactive ketones (excluding diaryl/α,β-unsaturated/α-hetero) is 1. The molecule has 1 N–H and O–H groups in total. The lowest BCUT2D eigenvalue weighted by atomic mass is 9.84. The molecule has 5 rings (SSSR count). The van der Waals surface area contributed by atoms with Crippen molar-refractivity contribution in [3.8, 4) is 0 Å². The van der Waals surface area contributed by atoms with Gasteiger partial charge in [0.2, 0.25) is 0 Å². The van der Waals surface area contributed by atoms with Crippen molar-refractivity contribution >= 4 is 28.7 Å². The van der Waals surface area contributed by atoms with E-state index in [9.17, 15) is 14.3 Å². The second-order valence-electron chi connectivity index (χ2n) is 9.45. The van der Waals surface area contributed by atoms with Gasteiger partial charge < -0.3 is 10.0 Å². The molecule has 2 aromatic heterocycles. The van der Waals surface area contributed by atoms with Crippen molar-refractivity contribution in [2.75, 3.05) is 18.0 Å². The molecule has 1 saturated heterocycles. The zero-order chi connectivity index (χ0) is 25.3. The standard InChI is InChI=1S/C29H29ClFN3O2/c1-2-25-28(34-19-22(30)8-14-27(34)32-25)26(35)13-5-20-3-11-24(12-4-20)33-17-15-29(36,16-18-33)21-6-9-23(31)10-7-21/h3-4,6-12,14,19,36H,2,5,13,15-18H2,1H3. The van der Waals surface area contributed by atoms with Crippen molar-refractivity contribution in [3.05, 3.63) is 100 Å². The average molecular weight is 506 g/mol. The van der Waals surface area contributed by atoms with Crippen LogP contribution in [0.4, 0.5) is 10.1 Å². The Morgan fingerprint density at radius 3 is 2.42 bits per heavy atom. The second kappa shape index (κ2) is 10.0. The first-order valence-electron chi connectivity index (χ1n) is 12.4. The van der Waals surface area contributed by atoms with Crippen LogP contribution in [0.15, 0.2) is 66.9 Å². The molecular formula is C29H29ClFN3O2. The lowest BCUT2D eigenvalue weighted by Crippen LogP contribution is -2.42. The van der Waals surface area contributed by atoms with Gasteiger partial charge in [-0.25, -0.2) is 9.37 Å². The van der Waals surface area contributed by atoms with Gasteiger partial charge in [-0.05, 0) is 73.2 Å². The maximum atomic E-state index is 13.3. The Labute approximate surface area is 215 Å². The maximum absolute atomic E-state index is 13.3. The first-order chi connectivity index (χ1) is 17.4. The normalized spacial score (nSPS) is 15.4. The van der Waals surface area contributed by atoms with Crippen LogP contribution in [0, 0.1) is 5.82 Å². The summed E-state index contributed by atoms with van der Waals surface area (Å²) in [6.07, 6.45) is 4.62. The Morgan fingerprint density at radius 2 is 1.75 bits per heavy atom. The predicted octanol–water partition coefficient (Wildman–Crippen LogP) is 5.99. The van der Waals surface area contributed by atoms with Crippen molar-refractivity contribution in [1.29, 1.82) is 0 Å². The number of rotatable bonds is 7. The molecule has 36 heavy (non-hydrogen) atoms. The minimum Gasteiger partial charge on any atom is -0.385 e. The molecule has 1 fully saturated rings. The zero-order valence-corrected chi connectivity index (χ0v) is 21.0. The molecule has 3 heterocycles. The van der Waals surface area contributed by atoms with E-state index in [2.05, 4.69) is 34.1 Å². The number of aliphatic hydroxyl groups is 1. The van der Waals surface area contributed by atoms with Crippen LogP contribution in [0.2, 0.25) is 5.02 Å². The summed E-state index contributed by atoms with van der Waals surface area (Å²) in [4.78, 5) is 20.0. The highest BCUT2D eigenvalue weighted by molar-refractivity contribution is 6.30. The minimum absolute atomic E-state index is 0.0572. The number of hydrogen-bond acceptors (Lipinski definition) is 4. The number of halogens is 2. The molecule has 0 atom stereocenters. The summed E-state index contributed by atoms with van der Waals surface area (Å²) in [7, 11) is 0. The summed E-state index contributed by atoms with van der Waals surface area (Å²) in [5, 5.41) is 11.6. The van der Waals surface area contributed by atoms with E-state index < -0.39 is 5.60 Å². The van der Waals surface area contributed by atoms with E-state index in [-0.39, 0.29) is 11.6 Å². The fourth-order valence-electron chi connectivity index (χ4n) is 5.04. The van der Waals surface area contributed by atoms with E-state index >= 15 is 0 Å². The van der Waals surface area contributed by atoms with Crippen LogP contribution in [-0.4, -0.2) is 33.4 Å². The van der Waals surface area contributed by atoms with Gasteiger partial charge in [0, 0.05) is 31.4 Å². The van der Waals surface area contributed by atoms with Crippen LogP contribution >= 0.6 is 11.6 Å². The predicted molar refractivity (Wildman–Crippen MR) is 140 cm³/mol. The lowest BCUT2D eigenvalue weighted by molar-refractivity contribution is 0.0117. The van der Waals surface area contributed by atoms with Gasteiger partial charge in [0.05, 0.1) is 16.3 Å². The summed E-state index contributed by atoms with van der Waals surface area (Å²) >= 11 is 6.16. The first kappa shape index (κ1) is 24.5. The Kier molecular flexibility index (Phi) is 6.82. The number of imidazole rings is 1. The van der Waals surface area contributed by atoms with Crippen LogP contribution in [0.1, 0.15) is 53.5 Å². The molecule has 4 aromatic rings. The Hall–Kier alpha value is -3.22. The molecule has 1 aliphatic rings. The topological polar surface area (TPSA) is 57.8 Å². The number of benzene rings is 2. The second-order valence-corrected chi connectivity index (χ2v) is 9.89. The van der Waals surface area contributed by atoms with Crippen molar-refractivity contribution in [2.45, 2.75) is 44.6 Å². The van der Waals surface area contributed by atoms with Gasteiger partial charge >= 0.3 is 0 Å². The average Bonchev–Trinajstić information content (AvgIpc) is 3.26. The lowest BCUT2D eigenvalue weighted by Gasteiger charge is -2.39. The Balaban J connectivity index is 1.21. The minimum atomic E-state index is -0.927. The summed E-state index contributed by atoms with van der Waals surface area (Å²) in [6, 6.07) is 18.0. The number of ketones is 1. The molecule has 0 amide bonds. The number of anilines is 1. The Bertz CT molecular complexity index is 1370. The van der Waals surface area contributed by atoms with Gasteiger partial charge in [0.1, 0.15) is 17.2 Å². The molecule has 0 bridgehead atoms. The highest BCUT2D eigenvalue weighted by Crippen LogP contribution is 2.34. The van der Waals surface area contributed by atoms with Crippen molar-refractivity contribution < 1.29 is 14.3 Å². The number of hydrogen-bond donors (Lipinski definition) is 1. The van der Waals surface area contributed by atoms with E-state index in [1.165, 1.54) is 12.1 Å². The summed E-state index contributed by atoms with van der Waals surface area (Å²) in [5.74, 6) is -0.239. The largest absolute Gasteiger partial charge is 0.385 e. The van der Waals surface area contributed by atoms with Crippen molar-refractivity contribution in [3.63, 3.8) is 0 Å². The molecule has 5 nitrogen and oxygen atoms in total.